The Balaban J connectivity index is 1.93. The fourth-order valence-electron chi connectivity index (χ4n) is 2.42. The minimum atomic E-state index is 0.830. The molecule has 5 nitrogen and oxygen atoms in total. The van der Waals surface area contributed by atoms with Crippen molar-refractivity contribution in [2.75, 3.05) is 0 Å². The summed E-state index contributed by atoms with van der Waals surface area (Å²) in [5, 5.41) is 4.32. The van der Waals surface area contributed by atoms with Crippen LogP contribution in [0.1, 0.15) is 12.5 Å². The van der Waals surface area contributed by atoms with Crippen molar-refractivity contribution in [3.8, 4) is 11.4 Å². The molecule has 4 rings (SSSR count). The molecule has 3 heterocycles. The molecule has 0 spiro atoms. The van der Waals surface area contributed by atoms with Gasteiger partial charge in [0.05, 0.1) is 34.5 Å². The lowest BCUT2D eigenvalue weighted by Gasteiger charge is -1.94. The number of rotatable bonds is 2. The zero-order chi connectivity index (χ0) is 13.5. The average Bonchev–Trinajstić information content (AvgIpc) is 3.09. The Bertz CT molecular complexity index is 903. The van der Waals surface area contributed by atoms with Crippen molar-refractivity contribution in [1.82, 2.24) is 24.6 Å². The van der Waals surface area contributed by atoms with E-state index in [9.17, 15) is 0 Å². The maximum Gasteiger partial charge on any atom is 0.142 e. The highest BCUT2D eigenvalue weighted by Gasteiger charge is 2.11. The molecule has 5 heteroatoms. The summed E-state index contributed by atoms with van der Waals surface area (Å²) in [5.74, 6) is 0.830. The SMILES string of the molecule is CCc1ccc2nc(-c3cnn4ccncc34)[nH]c2c1. The van der Waals surface area contributed by atoms with Crippen molar-refractivity contribution in [1.29, 1.82) is 0 Å². The molecule has 0 fully saturated rings. The quantitative estimate of drug-likeness (QED) is 0.605. The van der Waals surface area contributed by atoms with E-state index in [-0.39, 0.29) is 0 Å². The fourth-order valence-corrected chi connectivity index (χ4v) is 2.42. The molecule has 98 valence electrons. The molecule has 0 unspecified atom stereocenters. The van der Waals surface area contributed by atoms with Crippen LogP contribution in [0.4, 0.5) is 0 Å². The lowest BCUT2D eigenvalue weighted by molar-refractivity contribution is 0.946. The molecule has 0 saturated heterocycles. The van der Waals surface area contributed by atoms with Crippen molar-refractivity contribution >= 4 is 16.6 Å². The number of nitrogens with zero attached hydrogens (tertiary/aromatic N) is 4. The molecule has 20 heavy (non-hydrogen) atoms. The van der Waals surface area contributed by atoms with Crippen molar-refractivity contribution < 1.29 is 0 Å². The van der Waals surface area contributed by atoms with Gasteiger partial charge in [-0.1, -0.05) is 13.0 Å². The monoisotopic (exact) mass is 263 g/mol. The number of imidazole rings is 1. The highest BCUT2D eigenvalue weighted by atomic mass is 15.2. The fraction of sp³-hybridized carbons (Fsp3) is 0.133. The first kappa shape index (κ1) is 11.2. The van der Waals surface area contributed by atoms with Gasteiger partial charge in [-0.3, -0.25) is 4.98 Å². The van der Waals surface area contributed by atoms with Gasteiger partial charge in [0.25, 0.3) is 0 Å². The van der Waals surface area contributed by atoms with Gasteiger partial charge in [0, 0.05) is 12.4 Å². The summed E-state index contributed by atoms with van der Waals surface area (Å²) in [6, 6.07) is 6.32. The van der Waals surface area contributed by atoms with Crippen molar-refractivity contribution in [2.45, 2.75) is 13.3 Å². The molecule has 3 aromatic heterocycles. The average molecular weight is 263 g/mol. The molecule has 0 atom stereocenters. The first-order valence-corrected chi connectivity index (χ1v) is 6.61. The Morgan fingerprint density at radius 2 is 2.20 bits per heavy atom. The van der Waals surface area contributed by atoms with Gasteiger partial charge in [0.15, 0.2) is 0 Å². The summed E-state index contributed by atoms with van der Waals surface area (Å²) in [7, 11) is 0. The number of fused-ring (bicyclic) bond motifs is 2. The summed E-state index contributed by atoms with van der Waals surface area (Å²) in [6.45, 7) is 2.15. The van der Waals surface area contributed by atoms with E-state index in [0.29, 0.717) is 0 Å². The maximum atomic E-state index is 4.64. The van der Waals surface area contributed by atoms with Crippen LogP contribution >= 0.6 is 0 Å². The first-order valence-electron chi connectivity index (χ1n) is 6.61. The molecule has 1 aromatic carbocycles. The lowest BCUT2D eigenvalue weighted by atomic mass is 10.1. The van der Waals surface area contributed by atoms with E-state index in [1.54, 1.807) is 16.9 Å². The van der Waals surface area contributed by atoms with E-state index in [1.807, 2.05) is 12.4 Å². The number of nitrogens with one attached hydrogen (secondary N) is 1. The van der Waals surface area contributed by atoms with E-state index in [1.165, 1.54) is 5.56 Å². The summed E-state index contributed by atoms with van der Waals surface area (Å²) >= 11 is 0. The molecule has 0 aliphatic heterocycles. The number of benzene rings is 1. The number of hydrogen-bond acceptors (Lipinski definition) is 3. The van der Waals surface area contributed by atoms with E-state index >= 15 is 0 Å². The molecule has 1 N–H and O–H groups in total. The van der Waals surface area contributed by atoms with Gasteiger partial charge >= 0.3 is 0 Å². The third-order valence-electron chi connectivity index (χ3n) is 3.53. The number of H-pyrrole nitrogens is 1. The molecule has 0 radical (unpaired) electrons. The van der Waals surface area contributed by atoms with E-state index in [4.69, 9.17) is 0 Å². The van der Waals surface area contributed by atoms with Gasteiger partial charge in [-0.25, -0.2) is 9.50 Å². The molecule has 4 aromatic rings. The lowest BCUT2D eigenvalue weighted by Crippen LogP contribution is -1.86. The zero-order valence-corrected chi connectivity index (χ0v) is 11.0. The van der Waals surface area contributed by atoms with Crippen LogP contribution in [0.2, 0.25) is 0 Å². The zero-order valence-electron chi connectivity index (χ0n) is 11.0. The van der Waals surface area contributed by atoms with Gasteiger partial charge in [0.2, 0.25) is 0 Å². The van der Waals surface area contributed by atoms with Gasteiger partial charge < -0.3 is 4.98 Å². The number of hydrogen-bond donors (Lipinski definition) is 1. The van der Waals surface area contributed by atoms with Crippen molar-refractivity contribution in [3.63, 3.8) is 0 Å². The molecule has 0 bridgehead atoms. The molecular weight excluding hydrogens is 250 g/mol. The van der Waals surface area contributed by atoms with Crippen LogP contribution in [0.3, 0.4) is 0 Å². The Morgan fingerprint density at radius 1 is 1.25 bits per heavy atom. The molecular formula is C15H13N5. The van der Waals surface area contributed by atoms with Crippen LogP contribution < -0.4 is 0 Å². The van der Waals surface area contributed by atoms with Crippen molar-refractivity contribution in [2.24, 2.45) is 0 Å². The van der Waals surface area contributed by atoms with Gasteiger partial charge in [-0.15, -0.1) is 0 Å². The summed E-state index contributed by atoms with van der Waals surface area (Å²) in [4.78, 5) is 12.2. The molecule has 0 aliphatic carbocycles. The normalized spacial score (nSPS) is 11.4. The van der Waals surface area contributed by atoms with Crippen LogP contribution in [-0.4, -0.2) is 24.6 Å². The topological polar surface area (TPSA) is 58.9 Å². The molecule has 0 amide bonds. The predicted molar refractivity (Wildman–Crippen MR) is 77.5 cm³/mol. The van der Waals surface area contributed by atoms with Crippen LogP contribution in [0.15, 0.2) is 43.0 Å². The standard InChI is InChI=1S/C15H13N5/c1-2-10-3-4-12-13(7-10)19-15(18-12)11-8-17-20-6-5-16-9-14(11)20/h3-9H,2H2,1H3,(H,18,19). The summed E-state index contributed by atoms with van der Waals surface area (Å²) < 4.78 is 1.80. The summed E-state index contributed by atoms with van der Waals surface area (Å²) in [5.41, 5.74) is 5.24. The predicted octanol–water partition coefficient (Wildman–Crippen LogP) is 2.84. The van der Waals surface area contributed by atoms with Crippen LogP contribution in [-0.2, 0) is 6.42 Å². The number of aryl methyl sites for hydroxylation is 1. The van der Waals surface area contributed by atoms with E-state index in [2.05, 4.69) is 45.2 Å². The van der Waals surface area contributed by atoms with E-state index in [0.717, 1.165) is 34.4 Å². The summed E-state index contributed by atoms with van der Waals surface area (Å²) in [6.07, 6.45) is 8.18. The van der Waals surface area contributed by atoms with Crippen molar-refractivity contribution in [3.05, 3.63) is 48.5 Å². The first-order chi connectivity index (χ1) is 9.85. The Labute approximate surface area is 115 Å². The van der Waals surface area contributed by atoms with Gasteiger partial charge in [-0.2, -0.15) is 5.10 Å². The highest BCUT2D eigenvalue weighted by Crippen LogP contribution is 2.24. The molecule has 0 saturated carbocycles. The third kappa shape index (κ3) is 1.60. The Morgan fingerprint density at radius 3 is 3.10 bits per heavy atom. The second kappa shape index (κ2) is 4.16. The van der Waals surface area contributed by atoms with Gasteiger partial charge in [0.1, 0.15) is 5.82 Å². The number of aromatic nitrogens is 5. The van der Waals surface area contributed by atoms with Crippen LogP contribution in [0.5, 0.6) is 0 Å². The minimum absolute atomic E-state index is 0.830. The number of aromatic amines is 1. The second-order valence-electron chi connectivity index (χ2n) is 4.75. The Hall–Kier alpha value is -2.69. The second-order valence-corrected chi connectivity index (χ2v) is 4.75. The Kier molecular flexibility index (Phi) is 2.32. The highest BCUT2D eigenvalue weighted by molar-refractivity contribution is 5.84. The molecule has 0 aliphatic rings. The van der Waals surface area contributed by atoms with Crippen LogP contribution in [0, 0.1) is 0 Å². The van der Waals surface area contributed by atoms with Gasteiger partial charge in [-0.05, 0) is 24.1 Å². The maximum absolute atomic E-state index is 4.64. The smallest absolute Gasteiger partial charge is 0.142 e. The largest absolute Gasteiger partial charge is 0.338 e. The third-order valence-corrected chi connectivity index (χ3v) is 3.53. The minimum Gasteiger partial charge on any atom is -0.338 e. The van der Waals surface area contributed by atoms with E-state index < -0.39 is 0 Å². The van der Waals surface area contributed by atoms with Crippen LogP contribution in [0.25, 0.3) is 27.9 Å².